The molecule has 2 amide bonds. The van der Waals surface area contributed by atoms with Crippen LogP contribution in [0, 0.1) is 0 Å². The normalized spacial score (nSPS) is 9.89. The number of amides is 2. The molecule has 0 heterocycles. The highest BCUT2D eigenvalue weighted by atomic mass is 35.5. The smallest absolute Gasteiger partial charge is 0.230 e. The molecular formula is C12H15ClN2O2S. The van der Waals surface area contributed by atoms with Gasteiger partial charge in [-0.1, -0.05) is 23.7 Å². The second-order valence-electron chi connectivity index (χ2n) is 3.55. The van der Waals surface area contributed by atoms with E-state index < -0.39 is 0 Å². The summed E-state index contributed by atoms with van der Waals surface area (Å²) in [4.78, 5) is 23.0. The van der Waals surface area contributed by atoms with Crippen molar-refractivity contribution in [3.8, 4) is 0 Å². The van der Waals surface area contributed by atoms with Gasteiger partial charge in [0.25, 0.3) is 0 Å². The SMILES string of the molecule is CC(=O)NCCNC(=O)CSc1ccccc1Cl. The Balaban J connectivity index is 2.21. The van der Waals surface area contributed by atoms with Crippen molar-refractivity contribution in [1.29, 1.82) is 0 Å². The number of halogens is 1. The Hall–Kier alpha value is -1.20. The molecule has 0 aliphatic carbocycles. The van der Waals surface area contributed by atoms with E-state index in [4.69, 9.17) is 11.6 Å². The van der Waals surface area contributed by atoms with E-state index in [2.05, 4.69) is 10.6 Å². The van der Waals surface area contributed by atoms with Crippen molar-refractivity contribution in [2.24, 2.45) is 0 Å². The van der Waals surface area contributed by atoms with E-state index in [0.717, 1.165) is 4.90 Å². The lowest BCUT2D eigenvalue weighted by Gasteiger charge is -2.06. The molecule has 1 aromatic carbocycles. The molecule has 0 fully saturated rings. The van der Waals surface area contributed by atoms with Gasteiger partial charge in [0.05, 0.1) is 10.8 Å². The summed E-state index contributed by atoms with van der Waals surface area (Å²) in [6.07, 6.45) is 0. The van der Waals surface area contributed by atoms with Gasteiger partial charge in [0.15, 0.2) is 0 Å². The third-order valence-electron chi connectivity index (χ3n) is 2.02. The zero-order valence-electron chi connectivity index (χ0n) is 10.0. The van der Waals surface area contributed by atoms with Gasteiger partial charge < -0.3 is 10.6 Å². The van der Waals surface area contributed by atoms with E-state index in [1.165, 1.54) is 18.7 Å². The van der Waals surface area contributed by atoms with Gasteiger partial charge in [-0.3, -0.25) is 9.59 Å². The van der Waals surface area contributed by atoms with Crippen LogP contribution >= 0.6 is 23.4 Å². The van der Waals surface area contributed by atoms with E-state index in [1.54, 1.807) is 6.07 Å². The lowest BCUT2D eigenvalue weighted by Crippen LogP contribution is -2.34. The molecule has 2 N–H and O–H groups in total. The van der Waals surface area contributed by atoms with Crippen LogP contribution in [-0.4, -0.2) is 30.7 Å². The van der Waals surface area contributed by atoms with Gasteiger partial charge in [0, 0.05) is 24.9 Å². The first-order valence-corrected chi connectivity index (χ1v) is 6.84. The van der Waals surface area contributed by atoms with Crippen molar-refractivity contribution in [2.45, 2.75) is 11.8 Å². The Morgan fingerprint density at radius 1 is 1.22 bits per heavy atom. The van der Waals surface area contributed by atoms with Crippen molar-refractivity contribution in [2.75, 3.05) is 18.8 Å². The van der Waals surface area contributed by atoms with Crippen molar-refractivity contribution in [3.63, 3.8) is 0 Å². The third kappa shape index (κ3) is 5.93. The standard InChI is InChI=1S/C12H15ClN2O2S/c1-9(16)14-6-7-15-12(17)8-18-11-5-3-2-4-10(11)13/h2-5H,6-8H2,1H3,(H,14,16)(H,15,17). The number of nitrogens with one attached hydrogen (secondary N) is 2. The molecule has 0 bridgehead atoms. The molecule has 0 atom stereocenters. The van der Waals surface area contributed by atoms with Crippen LogP contribution in [0.4, 0.5) is 0 Å². The molecule has 4 nitrogen and oxygen atoms in total. The van der Waals surface area contributed by atoms with Crippen LogP contribution in [0.3, 0.4) is 0 Å². The summed E-state index contributed by atoms with van der Waals surface area (Å²) in [5, 5.41) is 5.96. The molecule has 18 heavy (non-hydrogen) atoms. The Kier molecular flexibility index (Phi) is 6.60. The summed E-state index contributed by atoms with van der Waals surface area (Å²) < 4.78 is 0. The molecule has 0 saturated heterocycles. The average molecular weight is 287 g/mol. The monoisotopic (exact) mass is 286 g/mol. The van der Waals surface area contributed by atoms with Gasteiger partial charge in [0.2, 0.25) is 11.8 Å². The summed E-state index contributed by atoms with van der Waals surface area (Å²) in [6, 6.07) is 7.39. The predicted octanol–water partition coefficient (Wildman–Crippen LogP) is 1.68. The molecule has 0 spiro atoms. The topological polar surface area (TPSA) is 58.2 Å². The van der Waals surface area contributed by atoms with Gasteiger partial charge in [-0.15, -0.1) is 11.8 Å². The Morgan fingerprint density at radius 2 is 1.89 bits per heavy atom. The number of hydrogen-bond donors (Lipinski definition) is 2. The fourth-order valence-electron chi connectivity index (χ4n) is 1.20. The van der Waals surface area contributed by atoms with Crippen LogP contribution in [0.2, 0.25) is 5.02 Å². The minimum Gasteiger partial charge on any atom is -0.355 e. The Bertz CT molecular complexity index is 426. The summed E-state index contributed by atoms with van der Waals surface area (Å²) in [7, 11) is 0. The first kappa shape index (κ1) is 14.9. The van der Waals surface area contributed by atoms with Crippen LogP contribution in [-0.2, 0) is 9.59 Å². The molecule has 0 aromatic heterocycles. The molecule has 0 saturated carbocycles. The minimum absolute atomic E-state index is 0.0785. The number of thioether (sulfide) groups is 1. The minimum atomic E-state index is -0.102. The van der Waals surface area contributed by atoms with Crippen molar-refractivity contribution < 1.29 is 9.59 Å². The quantitative estimate of drug-likeness (QED) is 0.618. The number of rotatable bonds is 6. The Labute approximate surface area is 115 Å². The molecular weight excluding hydrogens is 272 g/mol. The van der Waals surface area contributed by atoms with Crippen LogP contribution in [0.15, 0.2) is 29.2 Å². The van der Waals surface area contributed by atoms with Gasteiger partial charge in [-0.05, 0) is 12.1 Å². The zero-order chi connectivity index (χ0) is 13.4. The fraction of sp³-hybridized carbons (Fsp3) is 0.333. The maximum Gasteiger partial charge on any atom is 0.230 e. The van der Waals surface area contributed by atoms with Gasteiger partial charge in [-0.25, -0.2) is 0 Å². The highest BCUT2D eigenvalue weighted by Crippen LogP contribution is 2.26. The fourth-order valence-corrected chi connectivity index (χ4v) is 2.27. The average Bonchev–Trinajstić information content (AvgIpc) is 2.33. The highest BCUT2D eigenvalue weighted by molar-refractivity contribution is 8.00. The molecule has 1 aromatic rings. The molecule has 0 radical (unpaired) electrons. The second-order valence-corrected chi connectivity index (χ2v) is 4.98. The van der Waals surface area contributed by atoms with E-state index >= 15 is 0 Å². The summed E-state index contributed by atoms with van der Waals surface area (Å²) in [5.74, 6) is 0.129. The molecule has 0 aliphatic heterocycles. The number of carbonyl (C=O) groups is 2. The van der Waals surface area contributed by atoms with E-state index in [0.29, 0.717) is 23.9 Å². The maximum atomic E-state index is 11.5. The lowest BCUT2D eigenvalue weighted by atomic mass is 10.4. The molecule has 0 unspecified atom stereocenters. The van der Waals surface area contributed by atoms with Crippen LogP contribution in [0.5, 0.6) is 0 Å². The maximum absolute atomic E-state index is 11.5. The largest absolute Gasteiger partial charge is 0.355 e. The van der Waals surface area contributed by atoms with Gasteiger partial charge >= 0.3 is 0 Å². The molecule has 1 rings (SSSR count). The van der Waals surface area contributed by atoms with E-state index in [9.17, 15) is 9.59 Å². The second kappa shape index (κ2) is 8.00. The van der Waals surface area contributed by atoms with Crippen LogP contribution in [0.1, 0.15) is 6.92 Å². The lowest BCUT2D eigenvalue weighted by molar-refractivity contribution is -0.120. The van der Waals surface area contributed by atoms with Gasteiger partial charge in [0.1, 0.15) is 0 Å². The van der Waals surface area contributed by atoms with Crippen LogP contribution in [0.25, 0.3) is 0 Å². The van der Waals surface area contributed by atoms with E-state index in [1.807, 2.05) is 18.2 Å². The Morgan fingerprint density at radius 3 is 2.56 bits per heavy atom. The number of hydrogen-bond acceptors (Lipinski definition) is 3. The van der Waals surface area contributed by atoms with Crippen LogP contribution < -0.4 is 10.6 Å². The highest BCUT2D eigenvalue weighted by Gasteiger charge is 2.04. The molecule has 98 valence electrons. The van der Waals surface area contributed by atoms with Crippen molar-refractivity contribution in [1.82, 2.24) is 10.6 Å². The molecule has 6 heteroatoms. The first-order chi connectivity index (χ1) is 8.59. The summed E-state index contributed by atoms with van der Waals surface area (Å²) in [5.41, 5.74) is 0. The van der Waals surface area contributed by atoms with Crippen molar-refractivity contribution >= 4 is 35.2 Å². The van der Waals surface area contributed by atoms with Crippen molar-refractivity contribution in [3.05, 3.63) is 29.3 Å². The molecule has 0 aliphatic rings. The first-order valence-electron chi connectivity index (χ1n) is 5.48. The number of benzene rings is 1. The predicted molar refractivity (Wildman–Crippen MR) is 73.9 cm³/mol. The summed E-state index contributed by atoms with van der Waals surface area (Å²) >= 11 is 7.36. The van der Waals surface area contributed by atoms with E-state index in [-0.39, 0.29) is 11.8 Å². The number of carbonyl (C=O) groups excluding carboxylic acids is 2. The third-order valence-corrected chi connectivity index (χ3v) is 3.53. The van der Waals surface area contributed by atoms with Gasteiger partial charge in [-0.2, -0.15) is 0 Å². The zero-order valence-corrected chi connectivity index (χ0v) is 11.6. The summed E-state index contributed by atoms with van der Waals surface area (Å²) in [6.45, 7) is 2.31.